The second kappa shape index (κ2) is 6.76. The largest absolute Gasteiger partial charge is 0.468 e. The van der Waals surface area contributed by atoms with Crippen molar-refractivity contribution in [3.8, 4) is 5.75 Å². The van der Waals surface area contributed by atoms with Crippen molar-refractivity contribution < 1.29 is 23.9 Å². The first-order valence-electron chi connectivity index (χ1n) is 10.1. The third-order valence-corrected chi connectivity index (χ3v) is 7.40. The quantitative estimate of drug-likeness (QED) is 0.227. The van der Waals surface area contributed by atoms with Crippen molar-refractivity contribution in [1.82, 2.24) is 0 Å². The summed E-state index contributed by atoms with van der Waals surface area (Å²) in [7, 11) is 1.24. The lowest BCUT2D eigenvalue weighted by atomic mass is 9.83. The van der Waals surface area contributed by atoms with Crippen LogP contribution in [0, 0.1) is 10.8 Å². The van der Waals surface area contributed by atoms with Gasteiger partial charge < -0.3 is 9.47 Å². The van der Waals surface area contributed by atoms with Gasteiger partial charge in [-0.3, -0.25) is 14.4 Å². The van der Waals surface area contributed by atoms with Crippen LogP contribution in [0.1, 0.15) is 35.2 Å². The van der Waals surface area contributed by atoms with E-state index < -0.39 is 28.7 Å². The number of hydrogen-bond donors (Lipinski definition) is 0. The Morgan fingerprint density at radius 2 is 1.77 bits per heavy atom. The minimum absolute atomic E-state index is 0.254. The van der Waals surface area contributed by atoms with Gasteiger partial charge in [-0.15, -0.1) is 0 Å². The van der Waals surface area contributed by atoms with E-state index in [-0.39, 0.29) is 5.78 Å². The van der Waals surface area contributed by atoms with Crippen molar-refractivity contribution in [3.63, 3.8) is 0 Å². The topological polar surface area (TPSA) is 69.7 Å². The van der Waals surface area contributed by atoms with Crippen LogP contribution in [0.2, 0.25) is 0 Å². The molecule has 2 aliphatic rings. The third-order valence-electron chi connectivity index (χ3n) is 6.87. The van der Waals surface area contributed by atoms with Gasteiger partial charge in [0.1, 0.15) is 5.75 Å². The molecule has 0 bridgehead atoms. The van der Waals surface area contributed by atoms with E-state index >= 15 is 0 Å². The molecule has 31 heavy (non-hydrogen) atoms. The zero-order chi connectivity index (χ0) is 22.0. The zero-order valence-corrected chi connectivity index (χ0v) is 18.6. The van der Waals surface area contributed by atoms with Gasteiger partial charge in [-0.2, -0.15) is 0 Å². The molecule has 5 rings (SSSR count). The van der Waals surface area contributed by atoms with Crippen LogP contribution >= 0.6 is 15.9 Å². The number of rotatable bonds is 4. The summed E-state index contributed by atoms with van der Waals surface area (Å²) in [5.74, 6) is -1.97. The molecule has 0 N–H and O–H groups in total. The van der Waals surface area contributed by atoms with E-state index in [4.69, 9.17) is 9.47 Å². The van der Waals surface area contributed by atoms with Crippen molar-refractivity contribution in [3.05, 3.63) is 76.3 Å². The molecule has 5 nitrogen and oxygen atoms in total. The Bertz CT molecular complexity index is 1260. The number of fused-ring (bicyclic) bond motifs is 5. The molecule has 156 valence electrons. The number of methoxy groups -OCH3 is 1. The Kier molecular flexibility index (Phi) is 4.35. The lowest BCUT2D eigenvalue weighted by Gasteiger charge is -2.23. The zero-order valence-electron chi connectivity index (χ0n) is 17.0. The molecular weight excluding hydrogens is 460 g/mol. The molecule has 6 heteroatoms. The number of carbonyl (C=O) groups is 3. The Balaban J connectivity index is 1.81. The second-order valence-electron chi connectivity index (χ2n) is 7.98. The highest BCUT2D eigenvalue weighted by atomic mass is 79.9. The van der Waals surface area contributed by atoms with Crippen molar-refractivity contribution in [2.45, 2.75) is 19.3 Å². The Morgan fingerprint density at radius 3 is 2.45 bits per heavy atom. The Hall–Kier alpha value is -2.99. The number of ketones is 1. The van der Waals surface area contributed by atoms with Crippen molar-refractivity contribution in [2.75, 3.05) is 7.11 Å². The van der Waals surface area contributed by atoms with E-state index in [1.807, 2.05) is 37.3 Å². The predicted molar refractivity (Wildman–Crippen MR) is 118 cm³/mol. The first-order chi connectivity index (χ1) is 14.9. The summed E-state index contributed by atoms with van der Waals surface area (Å²) in [4.78, 5) is 40.4. The van der Waals surface area contributed by atoms with E-state index in [2.05, 4.69) is 15.9 Å². The average Bonchev–Trinajstić information content (AvgIpc) is 3.44. The van der Waals surface area contributed by atoms with Gasteiger partial charge >= 0.3 is 11.9 Å². The first-order valence-corrected chi connectivity index (χ1v) is 10.9. The molecule has 0 saturated heterocycles. The fourth-order valence-corrected chi connectivity index (χ4v) is 5.76. The van der Waals surface area contributed by atoms with Crippen molar-refractivity contribution in [2.24, 2.45) is 10.8 Å². The van der Waals surface area contributed by atoms with E-state index in [1.54, 1.807) is 30.3 Å². The summed E-state index contributed by atoms with van der Waals surface area (Å²) in [5, 5.41) is 1.82. The molecule has 3 aromatic rings. The fourth-order valence-electron chi connectivity index (χ4n) is 5.50. The number of hydrogen-bond acceptors (Lipinski definition) is 5. The highest BCUT2D eigenvalue weighted by molar-refractivity contribution is 9.10. The van der Waals surface area contributed by atoms with Crippen LogP contribution in [0.3, 0.4) is 0 Å². The molecule has 1 saturated carbocycles. The van der Waals surface area contributed by atoms with Gasteiger partial charge in [0.2, 0.25) is 0 Å². The predicted octanol–water partition coefficient (Wildman–Crippen LogP) is 5.06. The van der Waals surface area contributed by atoms with E-state index in [9.17, 15) is 14.4 Å². The molecule has 1 aliphatic carbocycles. The number of Topliss-reactive ketones (excluding diaryl/α,β-unsaturated/α-hetero) is 1. The number of carbonyl (C=O) groups excluding carboxylic acids is 3. The highest BCUT2D eigenvalue weighted by Gasteiger charge is 2.90. The lowest BCUT2D eigenvalue weighted by molar-refractivity contribution is -0.160. The van der Waals surface area contributed by atoms with Crippen molar-refractivity contribution >= 4 is 44.4 Å². The van der Waals surface area contributed by atoms with E-state index in [0.29, 0.717) is 17.7 Å². The summed E-state index contributed by atoms with van der Waals surface area (Å²) < 4.78 is 11.6. The summed E-state index contributed by atoms with van der Waals surface area (Å²) in [6, 6.07) is 18.3. The molecule has 0 radical (unpaired) electrons. The molecule has 0 spiro atoms. The molecule has 1 fully saturated rings. The molecule has 0 amide bonds. The SMILES string of the molecule is CC[C@@]1(C(=O)c2ccc(Br)cc2)[C@@H]2c3c(ccc4ccccc34)OC(=O)[C@@]21C(=O)OC. The van der Waals surface area contributed by atoms with Gasteiger partial charge in [-0.25, -0.2) is 0 Å². The number of esters is 2. The second-order valence-corrected chi connectivity index (χ2v) is 8.90. The van der Waals surface area contributed by atoms with Crippen LogP contribution in [0.15, 0.2) is 65.1 Å². The summed E-state index contributed by atoms with van der Waals surface area (Å²) >= 11 is 3.38. The van der Waals surface area contributed by atoms with Crippen molar-refractivity contribution in [1.29, 1.82) is 0 Å². The van der Waals surface area contributed by atoms with Crippen LogP contribution < -0.4 is 4.74 Å². The molecule has 0 aromatic heterocycles. The lowest BCUT2D eigenvalue weighted by Crippen LogP contribution is -2.40. The minimum Gasteiger partial charge on any atom is -0.468 e. The normalized spacial score (nSPS) is 25.9. The first kappa shape index (κ1) is 19.9. The molecule has 3 atom stereocenters. The third kappa shape index (κ3) is 2.34. The van der Waals surface area contributed by atoms with Gasteiger partial charge in [0.05, 0.1) is 12.5 Å². The monoisotopic (exact) mass is 478 g/mol. The van der Waals surface area contributed by atoms with Gasteiger partial charge in [0, 0.05) is 21.5 Å². The minimum atomic E-state index is -1.70. The maximum Gasteiger partial charge on any atom is 0.330 e. The molecule has 0 unspecified atom stereocenters. The molecule has 1 heterocycles. The van der Waals surface area contributed by atoms with Crippen LogP contribution in [0.25, 0.3) is 10.8 Å². The van der Waals surface area contributed by atoms with Crippen LogP contribution in [-0.4, -0.2) is 24.8 Å². The highest BCUT2D eigenvalue weighted by Crippen LogP contribution is 2.80. The molecule has 1 aliphatic heterocycles. The Morgan fingerprint density at radius 1 is 1.06 bits per heavy atom. The fraction of sp³-hybridized carbons (Fsp3) is 0.240. The van der Waals surface area contributed by atoms with E-state index in [0.717, 1.165) is 20.8 Å². The Labute approximate surface area is 187 Å². The van der Waals surface area contributed by atoms with Gasteiger partial charge in [-0.05, 0) is 35.4 Å². The average molecular weight is 479 g/mol. The van der Waals surface area contributed by atoms with Crippen LogP contribution in [0.5, 0.6) is 5.75 Å². The molecule has 3 aromatic carbocycles. The van der Waals surface area contributed by atoms with Crippen LogP contribution in [-0.2, 0) is 14.3 Å². The van der Waals surface area contributed by atoms with Gasteiger partial charge in [0.25, 0.3) is 0 Å². The summed E-state index contributed by atoms with van der Waals surface area (Å²) in [6.07, 6.45) is 0.291. The smallest absolute Gasteiger partial charge is 0.330 e. The maximum atomic E-state index is 13.9. The summed E-state index contributed by atoms with van der Waals surface area (Å²) in [5.41, 5.74) is -1.81. The number of halogens is 1. The van der Waals surface area contributed by atoms with Gasteiger partial charge in [-0.1, -0.05) is 65.3 Å². The maximum absolute atomic E-state index is 13.9. The summed E-state index contributed by atoms with van der Waals surface area (Å²) in [6.45, 7) is 1.83. The van der Waals surface area contributed by atoms with Crippen LogP contribution in [0.4, 0.5) is 0 Å². The standard InChI is InChI=1S/C25H19BrO5/c1-3-24(21(27)15-8-11-16(26)12-9-15)20-19-17-7-5-4-6-14(17)10-13-18(19)31-23(29)25(20,24)22(28)30-2/h4-13,20H,3H2,1-2H3/t20-,24-,25-/m0/s1. The number of ether oxygens (including phenoxy) is 2. The number of benzene rings is 3. The molecular formula is C25H19BrO5. The van der Waals surface area contributed by atoms with Gasteiger partial charge in [0.15, 0.2) is 11.2 Å². The van der Waals surface area contributed by atoms with E-state index in [1.165, 1.54) is 7.11 Å².